The maximum Gasteiger partial charge on any atom is 0.278 e. The molecule has 0 atom stereocenters. The Labute approximate surface area is 202 Å². The Kier molecular flexibility index (Phi) is 5.90. The van der Waals surface area contributed by atoms with Crippen LogP contribution in [0.4, 0.5) is 26.1 Å². The number of hydrogen-bond donors (Lipinski definition) is 1. The first-order valence-corrected chi connectivity index (χ1v) is 11.8. The Bertz CT molecular complexity index is 1260. The minimum Gasteiger partial charge on any atom is -0.445 e. The molecule has 0 bridgehead atoms. The second-order valence-corrected chi connectivity index (χ2v) is 9.21. The normalized spacial score (nSPS) is 17.3. The van der Waals surface area contributed by atoms with E-state index >= 15 is 0 Å². The average Bonchev–Trinajstić information content (AvgIpc) is 3.18. The summed E-state index contributed by atoms with van der Waals surface area (Å²) in [6.07, 6.45) is 2.09. The van der Waals surface area contributed by atoms with Gasteiger partial charge in [-0.1, -0.05) is 6.07 Å². The molecule has 2 aliphatic heterocycles. The molecule has 1 N–H and O–H groups in total. The van der Waals surface area contributed by atoms with E-state index in [2.05, 4.69) is 26.3 Å². The maximum absolute atomic E-state index is 13.9. The highest BCUT2D eigenvalue weighted by Crippen LogP contribution is 2.37. The zero-order valence-corrected chi connectivity index (χ0v) is 20.1. The number of carbonyl (C=O) groups is 1. The number of carbonyl (C=O) groups excluding carboxylic acids is 1. The molecule has 0 aliphatic carbocycles. The van der Waals surface area contributed by atoms with Gasteiger partial charge < -0.3 is 19.5 Å². The molecule has 1 fully saturated rings. The van der Waals surface area contributed by atoms with E-state index in [1.165, 1.54) is 0 Å². The lowest BCUT2D eigenvalue weighted by molar-refractivity contribution is -0.0221. The summed E-state index contributed by atoms with van der Waals surface area (Å²) in [6, 6.07) is 5.92. The van der Waals surface area contributed by atoms with Crippen molar-refractivity contribution < 1.29 is 18.0 Å². The fraction of sp³-hybridized carbons (Fsp3) is 0.440. The van der Waals surface area contributed by atoms with Gasteiger partial charge in [0, 0.05) is 64.3 Å². The van der Waals surface area contributed by atoms with E-state index in [4.69, 9.17) is 9.40 Å². The molecule has 35 heavy (non-hydrogen) atoms. The number of nitrogens with zero attached hydrogens (tertiary/aromatic N) is 5. The summed E-state index contributed by atoms with van der Waals surface area (Å²) in [7, 11) is 0. The Morgan fingerprint density at radius 1 is 1.11 bits per heavy atom. The highest BCUT2D eigenvalue weighted by molar-refractivity contribution is 6.05. The number of anilines is 3. The second-order valence-electron chi connectivity index (χ2n) is 9.21. The first-order valence-electron chi connectivity index (χ1n) is 11.8. The molecule has 184 valence electrons. The first-order chi connectivity index (χ1) is 16.7. The predicted octanol–water partition coefficient (Wildman–Crippen LogP) is 4.44. The van der Waals surface area contributed by atoms with Crippen LogP contribution in [0.25, 0.3) is 0 Å². The van der Waals surface area contributed by atoms with Gasteiger partial charge in [0.05, 0.1) is 5.69 Å². The van der Waals surface area contributed by atoms with E-state index < -0.39 is 11.8 Å². The number of pyridine rings is 2. The van der Waals surface area contributed by atoms with Crippen LogP contribution >= 0.6 is 0 Å². The molecule has 10 heteroatoms. The minimum atomic E-state index is -2.69. The summed E-state index contributed by atoms with van der Waals surface area (Å²) in [4.78, 5) is 30.6. The van der Waals surface area contributed by atoms with E-state index in [1.54, 1.807) is 20.0 Å². The molecule has 0 saturated carbocycles. The van der Waals surface area contributed by atoms with Crippen molar-refractivity contribution in [2.75, 3.05) is 34.8 Å². The number of rotatable bonds is 4. The third kappa shape index (κ3) is 4.69. The largest absolute Gasteiger partial charge is 0.445 e. The number of nitrogens with one attached hydrogen (secondary N) is 1. The molecule has 0 radical (unpaired) electrons. The quantitative estimate of drug-likeness (QED) is 0.588. The summed E-state index contributed by atoms with van der Waals surface area (Å²) in [6.45, 7) is 6.97. The van der Waals surface area contributed by atoms with Crippen molar-refractivity contribution in [2.45, 2.75) is 52.5 Å². The molecular weight excluding hydrogens is 454 g/mol. The number of amides is 1. The van der Waals surface area contributed by atoms with Crippen molar-refractivity contribution in [1.29, 1.82) is 0 Å². The fourth-order valence-corrected chi connectivity index (χ4v) is 4.70. The van der Waals surface area contributed by atoms with Crippen LogP contribution in [0.15, 0.2) is 28.8 Å². The lowest BCUT2D eigenvalue weighted by Gasteiger charge is -2.35. The number of fused-ring (bicyclic) bond motifs is 1. The van der Waals surface area contributed by atoms with E-state index in [0.717, 1.165) is 35.6 Å². The van der Waals surface area contributed by atoms with E-state index in [1.807, 2.05) is 24.0 Å². The van der Waals surface area contributed by atoms with Crippen LogP contribution in [0.5, 0.6) is 0 Å². The molecule has 3 aromatic rings. The van der Waals surface area contributed by atoms with Crippen molar-refractivity contribution in [3.63, 3.8) is 0 Å². The summed E-state index contributed by atoms with van der Waals surface area (Å²) >= 11 is 0. The predicted molar refractivity (Wildman–Crippen MR) is 128 cm³/mol. The molecule has 5 heterocycles. The van der Waals surface area contributed by atoms with Gasteiger partial charge in [-0.25, -0.2) is 18.7 Å². The Balaban J connectivity index is 1.50. The molecule has 5 rings (SSSR count). The summed E-state index contributed by atoms with van der Waals surface area (Å²) in [5.74, 6) is -1.04. The fourth-order valence-electron chi connectivity index (χ4n) is 4.70. The number of alkyl halides is 2. The topological polar surface area (TPSA) is 87.4 Å². The molecule has 0 spiro atoms. The van der Waals surface area contributed by atoms with Crippen molar-refractivity contribution in [2.24, 2.45) is 0 Å². The van der Waals surface area contributed by atoms with Crippen LogP contribution in [0.1, 0.15) is 51.8 Å². The zero-order valence-electron chi connectivity index (χ0n) is 20.1. The van der Waals surface area contributed by atoms with Gasteiger partial charge in [-0.15, -0.1) is 0 Å². The van der Waals surface area contributed by atoms with Gasteiger partial charge in [0.2, 0.25) is 0 Å². The highest BCUT2D eigenvalue weighted by Gasteiger charge is 2.36. The summed E-state index contributed by atoms with van der Waals surface area (Å²) in [5.41, 5.74) is 3.73. The number of aromatic nitrogens is 3. The maximum atomic E-state index is 13.9. The number of hydrogen-bond acceptors (Lipinski definition) is 7. The number of aryl methyl sites for hydroxylation is 3. The molecule has 1 saturated heterocycles. The molecule has 1 amide bonds. The average molecular weight is 483 g/mol. The van der Waals surface area contributed by atoms with Gasteiger partial charge in [0.25, 0.3) is 11.8 Å². The Hall–Kier alpha value is -3.56. The Morgan fingerprint density at radius 2 is 1.89 bits per heavy atom. The van der Waals surface area contributed by atoms with Gasteiger partial charge in [0.15, 0.2) is 17.4 Å². The molecular formula is C25H28F2N6O2. The highest BCUT2D eigenvalue weighted by atomic mass is 19.3. The van der Waals surface area contributed by atoms with Crippen molar-refractivity contribution >= 4 is 23.2 Å². The van der Waals surface area contributed by atoms with Crippen LogP contribution < -0.4 is 15.1 Å². The van der Waals surface area contributed by atoms with Gasteiger partial charge >= 0.3 is 0 Å². The van der Waals surface area contributed by atoms with E-state index in [-0.39, 0.29) is 31.6 Å². The van der Waals surface area contributed by atoms with Gasteiger partial charge in [-0.05, 0) is 37.1 Å². The monoisotopic (exact) mass is 482 g/mol. The van der Waals surface area contributed by atoms with Crippen molar-refractivity contribution in [1.82, 2.24) is 15.0 Å². The standard InChI is InChI=1S/C25H28F2N6O2/c1-15-13-20(33-10-6-19-18(14-33)5-4-9-28-19)30-23(32-11-7-25(26,27)8-12-32)21(15)31-24(34)22-16(2)35-17(3)29-22/h4-5,9,13H,6-8,10-12,14H2,1-3H3,(H,31,34). The van der Waals surface area contributed by atoms with Crippen LogP contribution in [0.3, 0.4) is 0 Å². The molecule has 0 unspecified atom stereocenters. The summed E-state index contributed by atoms with van der Waals surface area (Å²) < 4.78 is 33.2. The third-order valence-electron chi connectivity index (χ3n) is 6.62. The second kappa shape index (κ2) is 8.90. The molecule has 2 aliphatic rings. The van der Waals surface area contributed by atoms with E-state index in [9.17, 15) is 13.6 Å². The number of piperidine rings is 1. The lowest BCUT2D eigenvalue weighted by atomic mass is 10.0. The first kappa shape index (κ1) is 23.2. The van der Waals surface area contributed by atoms with Crippen molar-refractivity contribution in [3.8, 4) is 0 Å². The zero-order chi connectivity index (χ0) is 24.7. The Morgan fingerprint density at radius 3 is 2.60 bits per heavy atom. The smallest absolute Gasteiger partial charge is 0.278 e. The minimum absolute atomic E-state index is 0.153. The SMILES string of the molecule is Cc1nc(C(=O)Nc2c(C)cc(N3CCc4ncccc4C3)nc2N2CCC(F)(F)CC2)c(C)o1. The van der Waals surface area contributed by atoms with Crippen LogP contribution in [-0.2, 0) is 13.0 Å². The number of halogens is 2. The third-order valence-corrected chi connectivity index (χ3v) is 6.62. The van der Waals surface area contributed by atoms with Crippen LogP contribution in [0, 0.1) is 20.8 Å². The van der Waals surface area contributed by atoms with Gasteiger partial charge in [-0.2, -0.15) is 0 Å². The van der Waals surface area contributed by atoms with Crippen LogP contribution in [-0.4, -0.2) is 46.4 Å². The lowest BCUT2D eigenvalue weighted by Crippen LogP contribution is -2.40. The van der Waals surface area contributed by atoms with Gasteiger partial charge in [0.1, 0.15) is 11.6 Å². The number of oxazole rings is 1. The summed E-state index contributed by atoms with van der Waals surface area (Å²) in [5, 5.41) is 2.93. The van der Waals surface area contributed by atoms with Crippen LogP contribution in [0.2, 0.25) is 0 Å². The molecule has 3 aromatic heterocycles. The molecule has 0 aromatic carbocycles. The molecule has 8 nitrogen and oxygen atoms in total. The van der Waals surface area contributed by atoms with E-state index in [0.29, 0.717) is 29.7 Å². The van der Waals surface area contributed by atoms with Crippen molar-refractivity contribution in [3.05, 3.63) is 58.6 Å². The van der Waals surface area contributed by atoms with Gasteiger partial charge in [-0.3, -0.25) is 9.78 Å².